The number of likely N-dealkylation sites (tertiary alicyclic amines) is 2. The fourth-order valence-corrected chi connectivity index (χ4v) is 10.5. The number of hydrogen-bond donors (Lipinski definition) is 4. The summed E-state index contributed by atoms with van der Waals surface area (Å²) >= 11 is 0. The van der Waals surface area contributed by atoms with E-state index in [4.69, 9.17) is 14.5 Å². The van der Waals surface area contributed by atoms with Crippen molar-refractivity contribution in [2.45, 2.75) is 116 Å². The van der Waals surface area contributed by atoms with Crippen LogP contribution in [0.3, 0.4) is 0 Å². The van der Waals surface area contributed by atoms with E-state index in [1.165, 1.54) is 14.2 Å². The van der Waals surface area contributed by atoms with Gasteiger partial charge in [-0.05, 0) is 79.0 Å². The molecule has 0 bridgehead atoms. The number of carbonyl (C=O) groups excluding carboxylic acids is 4. The number of H-pyrrole nitrogens is 2. The summed E-state index contributed by atoms with van der Waals surface area (Å²) < 4.78 is 43.9. The lowest BCUT2D eigenvalue weighted by atomic mass is 9.79. The first kappa shape index (κ1) is 43.8. The van der Waals surface area contributed by atoms with E-state index in [1.54, 1.807) is 28.3 Å². The van der Waals surface area contributed by atoms with Crippen LogP contribution in [0.15, 0.2) is 48.8 Å². The third-order valence-corrected chi connectivity index (χ3v) is 13.8. The van der Waals surface area contributed by atoms with E-state index in [1.807, 2.05) is 58.0 Å². The van der Waals surface area contributed by atoms with E-state index >= 15 is 8.78 Å². The SMILES string of the molecule is COC(=O)N[C@H](C(=O)N1CCC[C@H]1c1ncc(-c2ccc(-c3ccc(-c4cnc([C@@H]5CCCN5C(=O)[C@@H](NC(=O)OC)C(C)C)[nH]4)c4c3C(F)(F)C3(CCCC3)C4)cc2)[nH]1)C(C)C. The van der Waals surface area contributed by atoms with E-state index in [0.29, 0.717) is 78.4 Å². The quantitative estimate of drug-likeness (QED) is 0.116. The average molecular weight is 869 g/mol. The lowest BCUT2D eigenvalue weighted by Gasteiger charge is -2.31. The third kappa shape index (κ3) is 7.94. The number of amides is 4. The van der Waals surface area contributed by atoms with Crippen molar-refractivity contribution in [2.24, 2.45) is 17.3 Å². The topological polar surface area (TPSA) is 175 Å². The Kier molecular flexibility index (Phi) is 12.1. The Morgan fingerprint density at radius 1 is 0.698 bits per heavy atom. The highest BCUT2D eigenvalue weighted by Crippen LogP contribution is 2.64. The summed E-state index contributed by atoms with van der Waals surface area (Å²) in [5.41, 5.74) is 3.54. The van der Waals surface area contributed by atoms with Gasteiger partial charge >= 0.3 is 12.2 Å². The fourth-order valence-electron chi connectivity index (χ4n) is 10.5. The molecule has 4 N–H and O–H groups in total. The van der Waals surface area contributed by atoms with Crippen molar-refractivity contribution in [1.29, 1.82) is 0 Å². The number of fused-ring (bicyclic) bond motifs is 1. The molecular weight excluding hydrogens is 811 g/mol. The number of ether oxygens (including phenoxy) is 2. The second kappa shape index (κ2) is 17.4. The highest BCUT2D eigenvalue weighted by Gasteiger charge is 2.62. The molecule has 1 saturated carbocycles. The molecule has 0 unspecified atom stereocenters. The van der Waals surface area contributed by atoms with E-state index < -0.39 is 35.6 Å². The van der Waals surface area contributed by atoms with Gasteiger partial charge < -0.3 is 39.9 Å². The molecule has 2 aliphatic carbocycles. The molecular formula is C47H58F2N8O6. The van der Waals surface area contributed by atoms with Gasteiger partial charge in [-0.25, -0.2) is 28.3 Å². The van der Waals surface area contributed by atoms with Crippen LogP contribution < -0.4 is 10.6 Å². The summed E-state index contributed by atoms with van der Waals surface area (Å²) in [6.45, 7) is 8.51. The van der Waals surface area contributed by atoms with Crippen LogP contribution in [-0.4, -0.2) is 93.1 Å². The molecule has 3 fully saturated rings. The minimum absolute atomic E-state index is 0.0633. The van der Waals surface area contributed by atoms with E-state index in [0.717, 1.165) is 36.9 Å². The Bertz CT molecular complexity index is 2350. The molecule has 4 heterocycles. The summed E-state index contributed by atoms with van der Waals surface area (Å²) in [6, 6.07) is 9.07. The minimum Gasteiger partial charge on any atom is -0.453 e. The second-order valence-electron chi connectivity index (χ2n) is 18.3. The van der Waals surface area contributed by atoms with Crippen LogP contribution in [-0.2, 0) is 31.4 Å². The predicted octanol–water partition coefficient (Wildman–Crippen LogP) is 8.43. The van der Waals surface area contributed by atoms with E-state index in [2.05, 4.69) is 25.6 Å². The first-order valence-electron chi connectivity index (χ1n) is 22.2. The number of halogens is 2. The molecule has 2 aliphatic heterocycles. The van der Waals surface area contributed by atoms with Crippen molar-refractivity contribution in [2.75, 3.05) is 27.3 Å². The molecule has 4 aromatic rings. The van der Waals surface area contributed by atoms with Gasteiger partial charge in [0.15, 0.2) is 0 Å². The van der Waals surface area contributed by atoms with E-state index in [-0.39, 0.29) is 47.7 Å². The van der Waals surface area contributed by atoms with Crippen molar-refractivity contribution in [3.8, 4) is 33.6 Å². The highest BCUT2D eigenvalue weighted by molar-refractivity contribution is 5.87. The van der Waals surface area contributed by atoms with Crippen molar-refractivity contribution < 1.29 is 37.4 Å². The molecule has 63 heavy (non-hydrogen) atoms. The van der Waals surface area contributed by atoms with Crippen molar-refractivity contribution in [1.82, 2.24) is 40.4 Å². The number of nitrogens with zero attached hydrogens (tertiary/aromatic N) is 4. The number of carbonyl (C=O) groups is 4. The zero-order valence-corrected chi connectivity index (χ0v) is 36.9. The summed E-state index contributed by atoms with van der Waals surface area (Å²) in [6.07, 6.45) is 7.66. The van der Waals surface area contributed by atoms with Crippen molar-refractivity contribution in [3.63, 3.8) is 0 Å². The van der Waals surface area contributed by atoms with Crippen molar-refractivity contribution in [3.05, 3.63) is 71.6 Å². The molecule has 16 heteroatoms. The van der Waals surface area contributed by atoms with Gasteiger partial charge in [-0.15, -0.1) is 0 Å². The largest absolute Gasteiger partial charge is 0.453 e. The molecule has 336 valence electrons. The van der Waals surface area contributed by atoms with Gasteiger partial charge in [0.1, 0.15) is 23.7 Å². The third-order valence-electron chi connectivity index (χ3n) is 13.8. The maximum Gasteiger partial charge on any atom is 0.407 e. The number of benzene rings is 2. The summed E-state index contributed by atoms with van der Waals surface area (Å²) in [5, 5.41) is 5.36. The summed E-state index contributed by atoms with van der Waals surface area (Å²) in [5.74, 6) is -2.60. The maximum atomic E-state index is 17.2. The van der Waals surface area contributed by atoms with Gasteiger partial charge in [0.05, 0.1) is 50.1 Å². The van der Waals surface area contributed by atoms with Gasteiger partial charge in [-0.2, -0.15) is 0 Å². The monoisotopic (exact) mass is 868 g/mol. The number of aromatic amines is 2. The number of imidazole rings is 2. The van der Waals surface area contributed by atoms with Gasteiger partial charge in [0.2, 0.25) is 11.8 Å². The Morgan fingerprint density at radius 2 is 1.17 bits per heavy atom. The highest BCUT2D eigenvalue weighted by atomic mass is 19.3. The molecule has 0 radical (unpaired) electrons. The first-order chi connectivity index (χ1) is 30.2. The zero-order valence-electron chi connectivity index (χ0n) is 36.9. The van der Waals surface area contributed by atoms with Crippen molar-refractivity contribution >= 4 is 24.0 Å². The molecule has 2 aromatic heterocycles. The van der Waals surface area contributed by atoms with Crippen LogP contribution in [0.1, 0.15) is 114 Å². The zero-order chi connectivity index (χ0) is 44.8. The number of aromatic nitrogens is 4. The normalized spacial score (nSPS) is 20.9. The van der Waals surface area contributed by atoms with Crippen LogP contribution in [0.2, 0.25) is 0 Å². The maximum absolute atomic E-state index is 17.2. The standard InChI is InChI=1S/C47H58F2N8O6/c1-26(2)38(54-44(60)62-5)42(58)56-21-9-11-35(56)40-50-24-33(52-40)29-15-13-28(14-16-29)30-17-18-31(32-23-46(19-7-8-20-46)47(48,49)37(30)32)34-25-51-41(53-34)36-12-10-22-57(36)43(59)39(27(3)4)55-45(61)63-6/h13-18,24-27,35-36,38-39H,7-12,19-23H2,1-6H3,(H,50,52)(H,51,53)(H,54,60)(H,55,61)/t35-,36-,38-,39-/m0/s1. The smallest absolute Gasteiger partial charge is 0.407 e. The Balaban J connectivity index is 1.07. The van der Waals surface area contributed by atoms with Gasteiger partial charge in [0.25, 0.3) is 5.92 Å². The lowest BCUT2D eigenvalue weighted by molar-refractivity contribution is -0.136. The fraction of sp³-hybridized carbons (Fsp3) is 0.532. The van der Waals surface area contributed by atoms with Crippen LogP contribution in [0, 0.1) is 17.3 Å². The average Bonchev–Trinajstić information content (AvgIpc) is 4.13. The molecule has 4 atom stereocenters. The van der Waals surface area contributed by atoms with Crippen LogP contribution in [0.25, 0.3) is 33.6 Å². The minimum atomic E-state index is -3.07. The molecule has 8 rings (SSSR count). The predicted molar refractivity (Wildman–Crippen MR) is 231 cm³/mol. The molecule has 4 aliphatic rings. The van der Waals surface area contributed by atoms with Gasteiger partial charge in [0, 0.05) is 29.6 Å². The molecule has 2 saturated heterocycles. The summed E-state index contributed by atoms with van der Waals surface area (Å²) in [7, 11) is 2.53. The Morgan fingerprint density at radius 3 is 1.68 bits per heavy atom. The first-order valence-corrected chi connectivity index (χ1v) is 22.2. The number of nitrogens with one attached hydrogen (secondary N) is 4. The molecule has 1 spiro atoms. The Labute approximate surface area is 366 Å². The van der Waals surface area contributed by atoms with Gasteiger partial charge in [-0.3, -0.25) is 9.59 Å². The number of methoxy groups -OCH3 is 2. The van der Waals surface area contributed by atoms with Crippen LogP contribution >= 0.6 is 0 Å². The molecule has 14 nitrogen and oxygen atoms in total. The second-order valence-corrected chi connectivity index (χ2v) is 18.3. The van der Waals surface area contributed by atoms with E-state index in [9.17, 15) is 19.2 Å². The number of rotatable bonds is 11. The van der Waals surface area contributed by atoms with Gasteiger partial charge in [-0.1, -0.05) is 76.9 Å². The number of hydrogen-bond acceptors (Lipinski definition) is 8. The van der Waals surface area contributed by atoms with Crippen LogP contribution in [0.4, 0.5) is 18.4 Å². The number of alkyl halides is 2. The van der Waals surface area contributed by atoms with Crippen LogP contribution in [0.5, 0.6) is 0 Å². The molecule has 4 amide bonds. The molecule has 2 aromatic carbocycles. The lowest BCUT2D eigenvalue weighted by Crippen LogP contribution is -2.51. The Hall–Kier alpha value is -5.80. The number of alkyl carbamates (subject to hydrolysis) is 2. The summed E-state index contributed by atoms with van der Waals surface area (Å²) in [4.78, 5) is 71.4.